The number of halogens is 1. The van der Waals surface area contributed by atoms with Crippen LogP contribution < -0.4 is 0 Å². The number of aryl methyl sites for hydroxylation is 1. The molecule has 1 fully saturated rings. The van der Waals surface area contributed by atoms with Gasteiger partial charge in [-0.3, -0.25) is 4.79 Å². The molecule has 0 amide bonds. The van der Waals surface area contributed by atoms with Crippen molar-refractivity contribution in [2.75, 3.05) is 0 Å². The van der Waals surface area contributed by atoms with E-state index in [2.05, 4.69) is 6.92 Å². The molecule has 1 nitrogen and oxygen atoms in total. The summed E-state index contributed by atoms with van der Waals surface area (Å²) in [4.78, 5) is 12.5. The Labute approximate surface area is 108 Å². The summed E-state index contributed by atoms with van der Waals surface area (Å²) in [7, 11) is 0. The molecule has 18 heavy (non-hydrogen) atoms. The molecule has 0 spiro atoms. The van der Waals surface area contributed by atoms with Crippen molar-refractivity contribution in [3.8, 4) is 0 Å². The van der Waals surface area contributed by atoms with Crippen molar-refractivity contribution < 1.29 is 9.18 Å². The summed E-state index contributed by atoms with van der Waals surface area (Å²) >= 11 is 0. The van der Waals surface area contributed by atoms with Crippen LogP contribution in [0.5, 0.6) is 0 Å². The van der Waals surface area contributed by atoms with Crippen LogP contribution in [-0.4, -0.2) is 5.78 Å². The Hall–Kier alpha value is -1.18. The molecule has 2 unspecified atom stereocenters. The highest BCUT2D eigenvalue weighted by Gasteiger charge is 2.31. The molecule has 0 heterocycles. The standard InChI is InChI=1S/C16H21FO/c1-3-12-8-4-5-9-13(12)16(18)14-10-6-7-11(2)15(14)17/h6-7,10,12-13H,3-5,8-9H2,1-2H3. The lowest BCUT2D eigenvalue weighted by atomic mass is 9.74. The molecule has 2 atom stereocenters. The molecule has 1 aromatic rings. The van der Waals surface area contributed by atoms with Crippen LogP contribution in [0, 0.1) is 24.6 Å². The minimum Gasteiger partial charge on any atom is -0.294 e. The summed E-state index contributed by atoms with van der Waals surface area (Å²) in [6, 6.07) is 5.12. The second-order valence-corrected chi connectivity index (χ2v) is 5.36. The van der Waals surface area contributed by atoms with Gasteiger partial charge in [0.2, 0.25) is 0 Å². The monoisotopic (exact) mass is 248 g/mol. The SMILES string of the molecule is CCC1CCCCC1C(=O)c1cccc(C)c1F. The molecule has 1 aliphatic rings. The zero-order valence-corrected chi connectivity index (χ0v) is 11.2. The Morgan fingerprint density at radius 1 is 1.33 bits per heavy atom. The fourth-order valence-corrected chi connectivity index (χ4v) is 3.08. The van der Waals surface area contributed by atoms with Gasteiger partial charge in [-0.05, 0) is 37.3 Å². The molecule has 0 radical (unpaired) electrons. The number of ketones is 1. The lowest BCUT2D eigenvalue weighted by molar-refractivity contribution is 0.0816. The van der Waals surface area contributed by atoms with Gasteiger partial charge >= 0.3 is 0 Å². The van der Waals surface area contributed by atoms with Gasteiger partial charge in [0.05, 0.1) is 5.56 Å². The minimum absolute atomic E-state index is 0.0164. The summed E-state index contributed by atoms with van der Waals surface area (Å²) in [6.07, 6.45) is 5.35. The largest absolute Gasteiger partial charge is 0.294 e. The number of carbonyl (C=O) groups is 1. The molecule has 0 aliphatic heterocycles. The number of rotatable bonds is 3. The summed E-state index contributed by atoms with van der Waals surface area (Å²) in [6.45, 7) is 3.84. The first-order chi connectivity index (χ1) is 8.65. The summed E-state index contributed by atoms with van der Waals surface area (Å²) < 4.78 is 14.0. The van der Waals surface area contributed by atoms with E-state index in [-0.39, 0.29) is 17.5 Å². The first kappa shape index (κ1) is 13.3. The third-order valence-corrected chi connectivity index (χ3v) is 4.23. The average Bonchev–Trinajstić information content (AvgIpc) is 2.41. The zero-order valence-electron chi connectivity index (χ0n) is 11.2. The van der Waals surface area contributed by atoms with Crippen LogP contribution in [0.1, 0.15) is 54.9 Å². The van der Waals surface area contributed by atoms with E-state index >= 15 is 0 Å². The molecular formula is C16H21FO. The van der Waals surface area contributed by atoms with Crippen LogP contribution in [0.4, 0.5) is 4.39 Å². The maximum atomic E-state index is 14.0. The quantitative estimate of drug-likeness (QED) is 0.718. The van der Waals surface area contributed by atoms with Crippen LogP contribution >= 0.6 is 0 Å². The zero-order chi connectivity index (χ0) is 13.1. The van der Waals surface area contributed by atoms with Crippen molar-refractivity contribution in [3.05, 3.63) is 35.1 Å². The van der Waals surface area contributed by atoms with Gasteiger partial charge < -0.3 is 0 Å². The van der Waals surface area contributed by atoms with Crippen LogP contribution in [-0.2, 0) is 0 Å². The maximum Gasteiger partial charge on any atom is 0.169 e. The molecule has 0 saturated heterocycles. The van der Waals surface area contributed by atoms with Crippen LogP contribution in [0.15, 0.2) is 18.2 Å². The van der Waals surface area contributed by atoms with Crippen molar-refractivity contribution >= 4 is 5.78 Å². The number of Topliss-reactive ketones (excluding diaryl/α,β-unsaturated/α-hetero) is 1. The molecular weight excluding hydrogens is 227 g/mol. The number of carbonyl (C=O) groups excluding carboxylic acids is 1. The fourth-order valence-electron chi connectivity index (χ4n) is 3.08. The van der Waals surface area contributed by atoms with Crippen LogP contribution in [0.3, 0.4) is 0 Å². The first-order valence-corrected chi connectivity index (χ1v) is 6.94. The average molecular weight is 248 g/mol. The lowest BCUT2D eigenvalue weighted by Gasteiger charge is -2.29. The highest BCUT2D eigenvalue weighted by Crippen LogP contribution is 2.35. The van der Waals surface area contributed by atoms with Gasteiger partial charge in [-0.2, -0.15) is 0 Å². The van der Waals surface area contributed by atoms with Crippen molar-refractivity contribution in [2.45, 2.75) is 46.0 Å². The van der Waals surface area contributed by atoms with E-state index < -0.39 is 0 Å². The molecule has 1 saturated carbocycles. The molecule has 98 valence electrons. The van der Waals surface area contributed by atoms with E-state index in [1.165, 1.54) is 6.42 Å². The van der Waals surface area contributed by atoms with E-state index in [0.29, 0.717) is 17.0 Å². The minimum atomic E-state index is -0.331. The van der Waals surface area contributed by atoms with Gasteiger partial charge in [-0.1, -0.05) is 38.3 Å². The van der Waals surface area contributed by atoms with Crippen LogP contribution in [0.25, 0.3) is 0 Å². The Morgan fingerprint density at radius 2 is 2.06 bits per heavy atom. The number of hydrogen-bond donors (Lipinski definition) is 0. The maximum absolute atomic E-state index is 14.0. The predicted molar refractivity (Wildman–Crippen MR) is 71.2 cm³/mol. The molecule has 0 aromatic heterocycles. The van der Waals surface area contributed by atoms with Crippen LogP contribution in [0.2, 0.25) is 0 Å². The summed E-state index contributed by atoms with van der Waals surface area (Å²) in [5.74, 6) is 0.150. The third-order valence-electron chi connectivity index (χ3n) is 4.23. The van der Waals surface area contributed by atoms with E-state index in [1.807, 2.05) is 0 Å². The van der Waals surface area contributed by atoms with Gasteiger partial charge in [-0.25, -0.2) is 4.39 Å². The normalized spacial score (nSPS) is 23.9. The molecule has 2 heteroatoms. The first-order valence-electron chi connectivity index (χ1n) is 6.94. The Balaban J connectivity index is 2.27. The van der Waals surface area contributed by atoms with Gasteiger partial charge in [0.1, 0.15) is 5.82 Å². The Morgan fingerprint density at radius 3 is 2.78 bits per heavy atom. The molecule has 1 aliphatic carbocycles. The molecule has 0 bridgehead atoms. The predicted octanol–water partition coefficient (Wildman–Crippen LogP) is 4.53. The Bertz CT molecular complexity index is 439. The fraction of sp³-hybridized carbons (Fsp3) is 0.562. The van der Waals surface area contributed by atoms with Crippen molar-refractivity contribution in [1.82, 2.24) is 0 Å². The van der Waals surface area contributed by atoms with E-state index in [4.69, 9.17) is 0 Å². The highest BCUT2D eigenvalue weighted by atomic mass is 19.1. The highest BCUT2D eigenvalue weighted by molar-refractivity contribution is 5.98. The van der Waals surface area contributed by atoms with Gasteiger partial charge in [0.25, 0.3) is 0 Å². The Kier molecular flexibility index (Phi) is 4.15. The third kappa shape index (κ3) is 2.47. The van der Waals surface area contributed by atoms with Crippen molar-refractivity contribution in [3.63, 3.8) is 0 Å². The van der Waals surface area contributed by atoms with Gasteiger partial charge in [0.15, 0.2) is 5.78 Å². The van der Waals surface area contributed by atoms with Crippen molar-refractivity contribution in [2.24, 2.45) is 11.8 Å². The smallest absolute Gasteiger partial charge is 0.169 e. The number of benzene rings is 1. The van der Waals surface area contributed by atoms with E-state index in [1.54, 1.807) is 25.1 Å². The van der Waals surface area contributed by atoms with Gasteiger partial charge in [-0.15, -0.1) is 0 Å². The molecule has 2 rings (SSSR count). The van der Waals surface area contributed by atoms with E-state index in [9.17, 15) is 9.18 Å². The molecule has 0 N–H and O–H groups in total. The molecule has 1 aromatic carbocycles. The second-order valence-electron chi connectivity index (χ2n) is 5.36. The summed E-state index contributed by atoms with van der Waals surface area (Å²) in [5.41, 5.74) is 0.852. The number of hydrogen-bond acceptors (Lipinski definition) is 1. The topological polar surface area (TPSA) is 17.1 Å². The summed E-state index contributed by atoms with van der Waals surface area (Å²) in [5, 5.41) is 0. The van der Waals surface area contributed by atoms with E-state index in [0.717, 1.165) is 25.7 Å². The lowest BCUT2D eigenvalue weighted by Crippen LogP contribution is -2.27. The van der Waals surface area contributed by atoms with Crippen molar-refractivity contribution in [1.29, 1.82) is 0 Å². The second kappa shape index (κ2) is 5.64. The van der Waals surface area contributed by atoms with Gasteiger partial charge in [0, 0.05) is 5.92 Å².